The van der Waals surface area contributed by atoms with E-state index in [9.17, 15) is 0 Å². The summed E-state index contributed by atoms with van der Waals surface area (Å²) in [6.45, 7) is 4.28. The highest BCUT2D eigenvalue weighted by molar-refractivity contribution is 5.36. The van der Waals surface area contributed by atoms with E-state index in [0.29, 0.717) is 6.04 Å². The van der Waals surface area contributed by atoms with E-state index in [1.165, 1.54) is 11.1 Å². The van der Waals surface area contributed by atoms with E-state index in [-0.39, 0.29) is 5.54 Å². The molecule has 0 aliphatic heterocycles. The molecular weight excluding hydrogens is 234 g/mol. The fourth-order valence-electron chi connectivity index (χ4n) is 2.97. The molecule has 0 unspecified atom stereocenters. The van der Waals surface area contributed by atoms with Gasteiger partial charge >= 0.3 is 0 Å². The number of hydrogen-bond acceptors (Lipinski definition) is 2. The molecule has 0 amide bonds. The minimum atomic E-state index is -0.167. The van der Waals surface area contributed by atoms with Crippen molar-refractivity contribution in [3.8, 4) is 0 Å². The van der Waals surface area contributed by atoms with Crippen molar-refractivity contribution in [1.82, 2.24) is 9.78 Å². The molecule has 0 fully saturated rings. The molecule has 0 bridgehead atoms. The van der Waals surface area contributed by atoms with Crippen molar-refractivity contribution in [3.05, 3.63) is 53.3 Å². The lowest BCUT2D eigenvalue weighted by Crippen LogP contribution is -2.43. The number of benzene rings is 1. The van der Waals surface area contributed by atoms with Crippen LogP contribution in [0.15, 0.2) is 36.5 Å². The lowest BCUT2D eigenvalue weighted by molar-refractivity contribution is 0.434. The van der Waals surface area contributed by atoms with Gasteiger partial charge in [-0.15, -0.1) is 0 Å². The van der Waals surface area contributed by atoms with Crippen molar-refractivity contribution in [2.45, 2.75) is 44.7 Å². The fourth-order valence-corrected chi connectivity index (χ4v) is 2.97. The third-order valence-electron chi connectivity index (χ3n) is 3.93. The predicted octanol–water partition coefficient (Wildman–Crippen LogP) is 2.50. The molecular formula is C16H21N3. The second-order valence-electron chi connectivity index (χ2n) is 6.04. The molecule has 0 saturated carbocycles. The van der Waals surface area contributed by atoms with Gasteiger partial charge in [0.2, 0.25) is 0 Å². The lowest BCUT2D eigenvalue weighted by Gasteiger charge is -2.22. The molecule has 100 valence electrons. The summed E-state index contributed by atoms with van der Waals surface area (Å²) in [5.41, 5.74) is 10.3. The van der Waals surface area contributed by atoms with Crippen molar-refractivity contribution in [1.29, 1.82) is 0 Å². The smallest absolute Gasteiger partial charge is 0.0643 e. The molecule has 2 N–H and O–H groups in total. The first kappa shape index (κ1) is 12.4. The monoisotopic (exact) mass is 255 g/mol. The Balaban J connectivity index is 1.77. The minimum absolute atomic E-state index is 0.167. The fraction of sp³-hybridized carbons (Fsp3) is 0.438. The Morgan fingerprint density at radius 3 is 2.37 bits per heavy atom. The first-order valence-electron chi connectivity index (χ1n) is 6.95. The maximum absolute atomic E-state index is 6.58. The third-order valence-corrected chi connectivity index (χ3v) is 3.93. The van der Waals surface area contributed by atoms with E-state index in [4.69, 9.17) is 5.73 Å². The van der Waals surface area contributed by atoms with E-state index in [1.807, 2.05) is 10.9 Å². The normalized spacial score (nSPS) is 16.8. The van der Waals surface area contributed by atoms with Gasteiger partial charge in [-0.3, -0.25) is 4.68 Å². The summed E-state index contributed by atoms with van der Waals surface area (Å²) in [6, 6.07) is 11.1. The maximum Gasteiger partial charge on any atom is 0.0643 e. The third kappa shape index (κ3) is 2.43. The van der Waals surface area contributed by atoms with Crippen LogP contribution in [0.4, 0.5) is 0 Å². The Bertz CT molecular complexity index is 558. The van der Waals surface area contributed by atoms with Crippen LogP contribution in [0.5, 0.6) is 0 Å². The van der Waals surface area contributed by atoms with Gasteiger partial charge in [-0.1, -0.05) is 24.3 Å². The summed E-state index contributed by atoms with van der Waals surface area (Å²) < 4.78 is 2.00. The van der Waals surface area contributed by atoms with Crippen LogP contribution in [0.1, 0.15) is 36.7 Å². The summed E-state index contributed by atoms with van der Waals surface area (Å²) in [5, 5.41) is 4.62. The van der Waals surface area contributed by atoms with Crippen molar-refractivity contribution in [3.63, 3.8) is 0 Å². The zero-order chi connectivity index (χ0) is 13.5. The lowest BCUT2D eigenvalue weighted by atomic mass is 9.91. The van der Waals surface area contributed by atoms with Gasteiger partial charge in [0.15, 0.2) is 0 Å². The number of hydrogen-bond donors (Lipinski definition) is 1. The van der Waals surface area contributed by atoms with Gasteiger partial charge in [0, 0.05) is 24.2 Å². The Labute approximate surface area is 114 Å². The van der Waals surface area contributed by atoms with Crippen molar-refractivity contribution in [2.24, 2.45) is 5.73 Å². The van der Waals surface area contributed by atoms with Gasteiger partial charge < -0.3 is 5.73 Å². The molecule has 0 saturated heterocycles. The highest BCUT2D eigenvalue weighted by Gasteiger charge is 2.33. The number of fused-ring (bicyclic) bond motifs is 1. The molecule has 0 atom stereocenters. The Morgan fingerprint density at radius 2 is 1.84 bits per heavy atom. The van der Waals surface area contributed by atoms with Crippen LogP contribution < -0.4 is 5.73 Å². The molecule has 2 aromatic rings. The topological polar surface area (TPSA) is 43.8 Å². The Hall–Kier alpha value is -1.61. The second kappa shape index (κ2) is 4.49. The standard InChI is InChI=1S/C16H21N3/c1-12(2)19-8-7-15(18-19)11-16(17)9-13-5-3-4-6-14(13)10-16/h3-8,12H,9-11,17H2,1-2H3. The molecule has 3 heteroatoms. The first-order valence-corrected chi connectivity index (χ1v) is 6.95. The quantitative estimate of drug-likeness (QED) is 0.915. The molecule has 0 radical (unpaired) electrons. The molecule has 3 rings (SSSR count). The highest BCUT2D eigenvalue weighted by Crippen LogP contribution is 2.30. The molecule has 1 aromatic heterocycles. The van der Waals surface area contributed by atoms with Gasteiger partial charge in [-0.25, -0.2) is 0 Å². The van der Waals surface area contributed by atoms with E-state index in [1.54, 1.807) is 0 Å². The van der Waals surface area contributed by atoms with E-state index >= 15 is 0 Å². The Kier molecular flexibility index (Phi) is 2.94. The van der Waals surface area contributed by atoms with Crippen LogP contribution in [0, 0.1) is 0 Å². The van der Waals surface area contributed by atoms with Crippen LogP contribution >= 0.6 is 0 Å². The van der Waals surface area contributed by atoms with Crippen LogP contribution in [-0.4, -0.2) is 15.3 Å². The maximum atomic E-state index is 6.58. The van der Waals surface area contributed by atoms with E-state index in [0.717, 1.165) is 25.0 Å². The molecule has 3 nitrogen and oxygen atoms in total. The van der Waals surface area contributed by atoms with Gasteiger partial charge in [-0.05, 0) is 43.9 Å². The molecule has 1 heterocycles. The SMILES string of the molecule is CC(C)n1ccc(CC2(N)Cc3ccccc3C2)n1. The first-order chi connectivity index (χ1) is 9.06. The van der Waals surface area contributed by atoms with Crippen LogP contribution in [0.25, 0.3) is 0 Å². The van der Waals surface area contributed by atoms with Crippen LogP contribution in [-0.2, 0) is 19.3 Å². The zero-order valence-electron chi connectivity index (χ0n) is 11.6. The van der Waals surface area contributed by atoms with E-state index in [2.05, 4.69) is 49.3 Å². The van der Waals surface area contributed by atoms with Crippen LogP contribution in [0.2, 0.25) is 0 Å². The number of rotatable bonds is 3. The average molecular weight is 255 g/mol. The highest BCUT2D eigenvalue weighted by atomic mass is 15.3. The predicted molar refractivity (Wildman–Crippen MR) is 77.1 cm³/mol. The Morgan fingerprint density at radius 1 is 1.21 bits per heavy atom. The molecule has 19 heavy (non-hydrogen) atoms. The average Bonchev–Trinajstić information content (AvgIpc) is 2.92. The number of aromatic nitrogens is 2. The van der Waals surface area contributed by atoms with Crippen molar-refractivity contribution < 1.29 is 0 Å². The summed E-state index contributed by atoms with van der Waals surface area (Å²) in [4.78, 5) is 0. The summed E-state index contributed by atoms with van der Waals surface area (Å²) in [6.07, 6.45) is 4.81. The van der Waals surface area contributed by atoms with Crippen LogP contribution in [0.3, 0.4) is 0 Å². The van der Waals surface area contributed by atoms with Crippen molar-refractivity contribution >= 4 is 0 Å². The van der Waals surface area contributed by atoms with Gasteiger partial charge in [-0.2, -0.15) is 5.10 Å². The zero-order valence-corrected chi connectivity index (χ0v) is 11.6. The molecule has 0 spiro atoms. The number of nitrogens with two attached hydrogens (primary N) is 1. The second-order valence-corrected chi connectivity index (χ2v) is 6.04. The van der Waals surface area contributed by atoms with E-state index < -0.39 is 0 Å². The molecule has 1 aliphatic rings. The minimum Gasteiger partial charge on any atom is -0.324 e. The number of nitrogens with zero attached hydrogens (tertiary/aromatic N) is 2. The molecule has 1 aromatic carbocycles. The summed E-state index contributed by atoms with van der Waals surface area (Å²) in [5.74, 6) is 0. The van der Waals surface area contributed by atoms with Crippen molar-refractivity contribution in [2.75, 3.05) is 0 Å². The van der Waals surface area contributed by atoms with Gasteiger partial charge in [0.05, 0.1) is 5.69 Å². The van der Waals surface area contributed by atoms with Gasteiger partial charge in [0.25, 0.3) is 0 Å². The summed E-state index contributed by atoms with van der Waals surface area (Å²) in [7, 11) is 0. The largest absolute Gasteiger partial charge is 0.324 e. The summed E-state index contributed by atoms with van der Waals surface area (Å²) >= 11 is 0. The molecule has 1 aliphatic carbocycles. The van der Waals surface area contributed by atoms with Gasteiger partial charge in [0.1, 0.15) is 0 Å².